The third-order valence-corrected chi connectivity index (χ3v) is 4.75. The Hall–Kier alpha value is -2.08. The average Bonchev–Trinajstić information content (AvgIpc) is 3.11. The highest BCUT2D eigenvalue weighted by molar-refractivity contribution is 7.98. The third-order valence-electron chi connectivity index (χ3n) is 4.01. The minimum absolute atomic E-state index is 0.327. The van der Waals surface area contributed by atoms with E-state index in [9.17, 15) is 5.11 Å². The van der Waals surface area contributed by atoms with Crippen molar-refractivity contribution in [1.29, 1.82) is 0 Å². The van der Waals surface area contributed by atoms with Gasteiger partial charge >= 0.3 is 0 Å². The molecule has 1 aromatic heterocycles. The van der Waals surface area contributed by atoms with Crippen LogP contribution in [0.4, 0.5) is 0 Å². The second-order valence-electron chi connectivity index (χ2n) is 5.44. The van der Waals surface area contributed by atoms with Gasteiger partial charge < -0.3 is 14.4 Å². The van der Waals surface area contributed by atoms with Crippen LogP contribution in [0.1, 0.15) is 17.0 Å². The molecule has 24 heavy (non-hydrogen) atoms. The van der Waals surface area contributed by atoms with Gasteiger partial charge in [0.25, 0.3) is 0 Å². The Morgan fingerprint density at radius 1 is 1.08 bits per heavy atom. The normalized spacial score (nSPS) is 13.6. The smallest absolute Gasteiger partial charge is 0.173 e. The van der Waals surface area contributed by atoms with E-state index < -0.39 is 5.60 Å². The van der Waals surface area contributed by atoms with Gasteiger partial charge in [0.2, 0.25) is 0 Å². The highest BCUT2D eigenvalue weighted by Gasteiger charge is 2.37. The number of hydrogen-bond donors (Lipinski definition) is 1. The largest absolute Gasteiger partial charge is 0.373 e. The molecule has 0 amide bonds. The van der Waals surface area contributed by atoms with Crippen molar-refractivity contribution in [2.45, 2.75) is 17.2 Å². The zero-order valence-electron chi connectivity index (χ0n) is 13.7. The summed E-state index contributed by atoms with van der Waals surface area (Å²) < 4.78 is 7.05. The number of benzene rings is 2. The van der Waals surface area contributed by atoms with Crippen LogP contribution in [0.2, 0.25) is 0 Å². The minimum atomic E-state index is -1.35. The Morgan fingerprint density at radius 3 is 2.38 bits per heavy atom. The number of rotatable bonds is 6. The van der Waals surface area contributed by atoms with Gasteiger partial charge in [-0.05, 0) is 29.5 Å². The van der Waals surface area contributed by atoms with Crippen molar-refractivity contribution in [2.24, 2.45) is 0 Å². The number of thioether (sulfide) groups is 1. The van der Waals surface area contributed by atoms with Gasteiger partial charge in [-0.25, -0.2) is 4.98 Å². The third kappa shape index (κ3) is 2.98. The van der Waals surface area contributed by atoms with Crippen LogP contribution in [-0.4, -0.2) is 28.0 Å². The summed E-state index contributed by atoms with van der Waals surface area (Å²) in [6.45, 7) is 0.327. The van der Waals surface area contributed by atoms with Gasteiger partial charge in [-0.2, -0.15) is 0 Å². The van der Waals surface area contributed by atoms with E-state index in [0.29, 0.717) is 12.6 Å². The first-order valence-electron chi connectivity index (χ1n) is 7.63. The van der Waals surface area contributed by atoms with Crippen LogP contribution in [0.5, 0.6) is 0 Å². The lowest BCUT2D eigenvalue weighted by Gasteiger charge is -2.29. The maximum Gasteiger partial charge on any atom is 0.173 e. The van der Waals surface area contributed by atoms with Gasteiger partial charge in [0.15, 0.2) is 11.4 Å². The van der Waals surface area contributed by atoms with Crippen LogP contribution in [0, 0.1) is 0 Å². The lowest BCUT2D eigenvalue weighted by molar-refractivity contribution is 0.0845. The number of methoxy groups -OCH3 is 1. The first kappa shape index (κ1) is 16.8. The van der Waals surface area contributed by atoms with Crippen LogP contribution in [0.25, 0.3) is 0 Å². The number of aromatic nitrogens is 2. The first-order valence-corrected chi connectivity index (χ1v) is 8.85. The summed E-state index contributed by atoms with van der Waals surface area (Å²) in [6.07, 6.45) is 5.52. The van der Waals surface area contributed by atoms with Gasteiger partial charge in [0.1, 0.15) is 6.73 Å². The molecule has 1 heterocycles. The topological polar surface area (TPSA) is 47.3 Å². The molecular weight excluding hydrogens is 320 g/mol. The second kappa shape index (κ2) is 7.21. The van der Waals surface area contributed by atoms with Gasteiger partial charge in [-0.3, -0.25) is 0 Å². The number of nitrogens with zero attached hydrogens (tertiary/aromatic N) is 2. The molecule has 1 atom stereocenters. The van der Waals surface area contributed by atoms with Crippen LogP contribution >= 0.6 is 11.8 Å². The molecule has 0 unspecified atom stereocenters. The molecule has 0 aliphatic rings. The quantitative estimate of drug-likeness (QED) is 0.698. The summed E-state index contributed by atoms with van der Waals surface area (Å²) in [5.41, 5.74) is 0.195. The molecule has 0 saturated carbocycles. The molecule has 0 spiro atoms. The van der Waals surface area contributed by atoms with Gasteiger partial charge in [-0.1, -0.05) is 42.5 Å². The summed E-state index contributed by atoms with van der Waals surface area (Å²) >= 11 is 1.67. The Balaban J connectivity index is 2.19. The fourth-order valence-electron chi connectivity index (χ4n) is 2.81. The Morgan fingerprint density at radius 2 is 1.75 bits per heavy atom. The summed E-state index contributed by atoms with van der Waals surface area (Å²) in [4.78, 5) is 5.58. The molecule has 0 aliphatic heterocycles. The van der Waals surface area contributed by atoms with E-state index in [1.165, 1.54) is 0 Å². The number of ether oxygens (including phenoxy) is 1. The molecular formula is C19H20N2O2S. The molecule has 2 aromatic carbocycles. The zero-order valence-corrected chi connectivity index (χ0v) is 14.5. The number of imidazole rings is 1. The fourth-order valence-corrected chi connectivity index (χ4v) is 3.22. The van der Waals surface area contributed by atoms with Crippen molar-refractivity contribution < 1.29 is 9.84 Å². The zero-order chi connectivity index (χ0) is 17.0. The highest BCUT2D eigenvalue weighted by Crippen LogP contribution is 2.36. The fraction of sp³-hybridized carbons (Fsp3) is 0.211. The van der Waals surface area contributed by atoms with E-state index >= 15 is 0 Å². The average molecular weight is 340 g/mol. The molecule has 3 rings (SSSR count). The Labute approximate surface area is 146 Å². The molecule has 0 radical (unpaired) electrons. The summed E-state index contributed by atoms with van der Waals surface area (Å²) in [5, 5.41) is 11.7. The monoisotopic (exact) mass is 340 g/mol. The summed E-state index contributed by atoms with van der Waals surface area (Å²) in [5.74, 6) is 0.535. The molecule has 124 valence electrons. The first-order chi connectivity index (χ1) is 11.7. The van der Waals surface area contributed by atoms with Gasteiger partial charge in [0, 0.05) is 24.4 Å². The van der Waals surface area contributed by atoms with Crippen molar-refractivity contribution in [1.82, 2.24) is 9.55 Å². The Bertz CT molecular complexity index is 787. The number of hydrogen-bond acceptors (Lipinski definition) is 4. The predicted molar refractivity (Wildman–Crippen MR) is 96.0 cm³/mol. The van der Waals surface area contributed by atoms with E-state index in [0.717, 1.165) is 16.0 Å². The lowest BCUT2D eigenvalue weighted by atomic mass is 9.85. The molecule has 5 heteroatoms. The minimum Gasteiger partial charge on any atom is -0.373 e. The number of aliphatic hydroxyl groups is 1. The standard InChI is InChI=1S/C19H20N2O2S/c1-23-14-21-13-12-20-18(21)19(22,15-6-4-3-5-7-15)16-8-10-17(24-2)11-9-16/h3-13,22H,14H2,1-2H3/t19-/m0/s1. The molecule has 4 nitrogen and oxygen atoms in total. The Kier molecular flexibility index (Phi) is 5.04. The summed E-state index contributed by atoms with van der Waals surface area (Å²) in [7, 11) is 1.62. The molecule has 0 aliphatic carbocycles. The summed E-state index contributed by atoms with van der Waals surface area (Å²) in [6, 6.07) is 17.5. The maximum atomic E-state index is 11.7. The van der Waals surface area contributed by atoms with Crippen LogP contribution in [0.3, 0.4) is 0 Å². The molecule has 0 saturated heterocycles. The van der Waals surface area contributed by atoms with Crippen LogP contribution < -0.4 is 0 Å². The van der Waals surface area contributed by atoms with Gasteiger partial charge in [0.05, 0.1) is 0 Å². The van der Waals surface area contributed by atoms with Crippen molar-refractivity contribution in [2.75, 3.05) is 13.4 Å². The van der Waals surface area contributed by atoms with Crippen molar-refractivity contribution in [3.63, 3.8) is 0 Å². The molecule has 0 bridgehead atoms. The molecule has 0 fully saturated rings. The van der Waals surface area contributed by atoms with E-state index in [4.69, 9.17) is 4.74 Å². The molecule has 3 aromatic rings. The van der Waals surface area contributed by atoms with Crippen molar-refractivity contribution in [3.8, 4) is 0 Å². The SMILES string of the molecule is COCn1ccnc1[C@](O)(c1ccccc1)c1ccc(SC)cc1. The van der Waals surface area contributed by atoms with Crippen molar-refractivity contribution in [3.05, 3.63) is 83.9 Å². The molecule has 1 N–H and O–H groups in total. The highest BCUT2D eigenvalue weighted by atomic mass is 32.2. The van der Waals surface area contributed by atoms with E-state index in [-0.39, 0.29) is 0 Å². The predicted octanol–water partition coefficient (Wildman–Crippen LogP) is 3.49. The van der Waals surface area contributed by atoms with Crippen LogP contribution in [-0.2, 0) is 17.1 Å². The van der Waals surface area contributed by atoms with E-state index in [1.54, 1.807) is 25.1 Å². The van der Waals surface area contributed by atoms with E-state index in [2.05, 4.69) is 4.98 Å². The van der Waals surface area contributed by atoms with Crippen molar-refractivity contribution >= 4 is 11.8 Å². The lowest BCUT2D eigenvalue weighted by Crippen LogP contribution is -2.32. The second-order valence-corrected chi connectivity index (χ2v) is 6.32. The van der Waals surface area contributed by atoms with Gasteiger partial charge in [-0.15, -0.1) is 11.8 Å². The maximum absolute atomic E-state index is 11.7. The van der Waals surface area contributed by atoms with Crippen LogP contribution in [0.15, 0.2) is 71.9 Å². The van der Waals surface area contributed by atoms with E-state index in [1.807, 2.05) is 71.6 Å².